The largest absolute Gasteiger partial charge is 0.369 e. The van der Waals surface area contributed by atoms with Crippen molar-refractivity contribution in [1.29, 1.82) is 0 Å². The number of hydrogen-bond donors (Lipinski definition) is 1. The molecule has 1 N–H and O–H groups in total. The Balaban J connectivity index is 2.80. The number of pyridine rings is 1. The fourth-order valence-corrected chi connectivity index (χ4v) is 2.12. The maximum Gasteiger partial charge on any atom is 0.179 e. The van der Waals surface area contributed by atoms with Crippen molar-refractivity contribution in [3.8, 4) is 0 Å². The Morgan fingerprint density at radius 2 is 2.25 bits per heavy atom. The zero-order chi connectivity index (χ0) is 12.2. The van der Waals surface area contributed by atoms with Crippen LogP contribution < -0.4 is 5.32 Å². The van der Waals surface area contributed by atoms with Crippen LogP contribution in [0.1, 0.15) is 13.3 Å². The highest BCUT2D eigenvalue weighted by molar-refractivity contribution is 7.90. The molecule has 0 saturated carbocycles. The molecule has 0 radical (unpaired) electrons. The summed E-state index contributed by atoms with van der Waals surface area (Å²) in [7, 11) is -3.24. The first kappa shape index (κ1) is 13.3. The Hall–Kier alpha value is -0.810. The van der Waals surface area contributed by atoms with Crippen molar-refractivity contribution in [2.45, 2.75) is 23.6 Å². The standard InChI is InChI=1S/C10H15ClN2O2S/c1-8(11)5-7-13-10-9(16(2,14)15)4-3-6-12-10/h3-4,6,8H,5,7H2,1-2H3,(H,12,13). The second-order valence-electron chi connectivity index (χ2n) is 3.62. The first-order chi connectivity index (χ1) is 7.41. The van der Waals surface area contributed by atoms with E-state index >= 15 is 0 Å². The van der Waals surface area contributed by atoms with Gasteiger partial charge in [0.05, 0.1) is 0 Å². The summed E-state index contributed by atoms with van der Waals surface area (Å²) in [5.41, 5.74) is 0. The molecule has 16 heavy (non-hydrogen) atoms. The summed E-state index contributed by atoms with van der Waals surface area (Å²) >= 11 is 5.80. The Labute approximate surface area is 101 Å². The van der Waals surface area contributed by atoms with Crippen molar-refractivity contribution in [3.63, 3.8) is 0 Å². The quantitative estimate of drug-likeness (QED) is 0.824. The van der Waals surface area contributed by atoms with Crippen LogP contribution in [0.2, 0.25) is 0 Å². The number of aromatic nitrogens is 1. The van der Waals surface area contributed by atoms with E-state index in [-0.39, 0.29) is 10.3 Å². The van der Waals surface area contributed by atoms with E-state index in [0.717, 1.165) is 6.42 Å². The summed E-state index contributed by atoms with van der Waals surface area (Å²) < 4.78 is 22.9. The van der Waals surface area contributed by atoms with E-state index < -0.39 is 9.84 Å². The van der Waals surface area contributed by atoms with Crippen LogP contribution in [0.15, 0.2) is 23.2 Å². The van der Waals surface area contributed by atoms with E-state index in [1.54, 1.807) is 12.3 Å². The van der Waals surface area contributed by atoms with Gasteiger partial charge < -0.3 is 5.32 Å². The number of hydrogen-bond acceptors (Lipinski definition) is 4. The normalized spacial score (nSPS) is 13.4. The molecule has 0 spiro atoms. The van der Waals surface area contributed by atoms with Gasteiger partial charge in [-0.3, -0.25) is 0 Å². The Morgan fingerprint density at radius 1 is 1.56 bits per heavy atom. The number of alkyl halides is 1. The lowest BCUT2D eigenvalue weighted by Crippen LogP contribution is -2.11. The van der Waals surface area contributed by atoms with E-state index in [9.17, 15) is 8.42 Å². The highest BCUT2D eigenvalue weighted by Gasteiger charge is 2.13. The lowest BCUT2D eigenvalue weighted by Gasteiger charge is -2.09. The predicted molar refractivity (Wildman–Crippen MR) is 65.8 cm³/mol. The summed E-state index contributed by atoms with van der Waals surface area (Å²) in [6, 6.07) is 3.14. The van der Waals surface area contributed by atoms with Gasteiger partial charge in [0, 0.05) is 24.4 Å². The van der Waals surface area contributed by atoms with Gasteiger partial charge in [-0.2, -0.15) is 0 Å². The monoisotopic (exact) mass is 262 g/mol. The van der Waals surface area contributed by atoms with Crippen LogP contribution in [0, 0.1) is 0 Å². The van der Waals surface area contributed by atoms with Gasteiger partial charge in [0.25, 0.3) is 0 Å². The smallest absolute Gasteiger partial charge is 0.179 e. The van der Waals surface area contributed by atoms with Crippen LogP contribution in [0.3, 0.4) is 0 Å². The van der Waals surface area contributed by atoms with E-state index in [1.807, 2.05) is 6.92 Å². The Kier molecular flexibility index (Phi) is 4.56. The molecular weight excluding hydrogens is 248 g/mol. The first-order valence-corrected chi connectivity index (χ1v) is 7.27. The van der Waals surface area contributed by atoms with Crippen molar-refractivity contribution in [1.82, 2.24) is 4.98 Å². The molecule has 90 valence electrons. The lowest BCUT2D eigenvalue weighted by atomic mass is 10.3. The molecule has 4 nitrogen and oxygen atoms in total. The molecule has 0 aliphatic carbocycles. The number of nitrogens with zero attached hydrogens (tertiary/aromatic N) is 1. The fourth-order valence-electron chi connectivity index (χ4n) is 1.21. The minimum atomic E-state index is -3.24. The summed E-state index contributed by atoms with van der Waals surface area (Å²) in [4.78, 5) is 4.23. The predicted octanol–water partition coefficient (Wildman–Crippen LogP) is 1.91. The summed E-state index contributed by atoms with van der Waals surface area (Å²) in [6.07, 6.45) is 3.47. The van der Waals surface area contributed by atoms with Gasteiger partial charge in [-0.25, -0.2) is 13.4 Å². The molecule has 1 rings (SSSR count). The number of nitrogens with one attached hydrogen (secondary N) is 1. The topological polar surface area (TPSA) is 59.1 Å². The van der Waals surface area contributed by atoms with Crippen LogP contribution in [0.25, 0.3) is 0 Å². The van der Waals surface area contributed by atoms with Gasteiger partial charge in [0.2, 0.25) is 0 Å². The maximum atomic E-state index is 11.4. The van der Waals surface area contributed by atoms with Gasteiger partial charge in [-0.1, -0.05) is 0 Å². The molecule has 0 aromatic carbocycles. The van der Waals surface area contributed by atoms with Crippen LogP contribution in [-0.4, -0.2) is 31.6 Å². The maximum absolute atomic E-state index is 11.4. The third-order valence-electron chi connectivity index (χ3n) is 2.00. The van der Waals surface area contributed by atoms with Crippen molar-refractivity contribution in [2.24, 2.45) is 0 Å². The van der Waals surface area contributed by atoms with Crippen molar-refractivity contribution in [2.75, 3.05) is 18.1 Å². The molecule has 0 aliphatic heterocycles. The van der Waals surface area contributed by atoms with Crippen molar-refractivity contribution in [3.05, 3.63) is 18.3 Å². The molecule has 0 aliphatic rings. The number of halogens is 1. The molecule has 1 aromatic rings. The summed E-state index contributed by atoms with van der Waals surface area (Å²) in [6.45, 7) is 2.49. The highest BCUT2D eigenvalue weighted by Crippen LogP contribution is 2.17. The van der Waals surface area contributed by atoms with Crippen LogP contribution in [-0.2, 0) is 9.84 Å². The third-order valence-corrected chi connectivity index (χ3v) is 3.35. The molecule has 0 bridgehead atoms. The van der Waals surface area contributed by atoms with Gasteiger partial charge in [-0.15, -0.1) is 11.6 Å². The average molecular weight is 263 g/mol. The van der Waals surface area contributed by atoms with Crippen LogP contribution >= 0.6 is 11.6 Å². The minimum absolute atomic E-state index is 0.0536. The van der Waals surface area contributed by atoms with Crippen molar-refractivity contribution >= 4 is 27.3 Å². The minimum Gasteiger partial charge on any atom is -0.369 e. The van der Waals surface area contributed by atoms with E-state index in [1.165, 1.54) is 12.3 Å². The molecular formula is C10H15ClN2O2S. The van der Waals surface area contributed by atoms with Gasteiger partial charge in [0.1, 0.15) is 10.7 Å². The van der Waals surface area contributed by atoms with E-state index in [0.29, 0.717) is 12.4 Å². The summed E-state index contributed by atoms with van der Waals surface area (Å²) in [5, 5.41) is 3.03. The highest BCUT2D eigenvalue weighted by atomic mass is 35.5. The van der Waals surface area contributed by atoms with Crippen LogP contribution in [0.5, 0.6) is 0 Å². The summed E-state index contributed by atoms with van der Waals surface area (Å²) in [5.74, 6) is 0.391. The molecule has 1 unspecified atom stereocenters. The van der Waals surface area contributed by atoms with E-state index in [4.69, 9.17) is 11.6 Å². The second-order valence-corrected chi connectivity index (χ2v) is 6.35. The van der Waals surface area contributed by atoms with E-state index in [2.05, 4.69) is 10.3 Å². The zero-order valence-electron chi connectivity index (χ0n) is 9.27. The first-order valence-electron chi connectivity index (χ1n) is 4.94. The number of rotatable bonds is 5. The zero-order valence-corrected chi connectivity index (χ0v) is 10.8. The number of sulfone groups is 1. The molecule has 1 aromatic heterocycles. The Bertz CT molecular complexity index is 446. The van der Waals surface area contributed by atoms with Gasteiger partial charge in [0.15, 0.2) is 9.84 Å². The SMILES string of the molecule is CC(Cl)CCNc1ncccc1S(C)(=O)=O. The van der Waals surface area contributed by atoms with Gasteiger partial charge in [-0.05, 0) is 25.5 Å². The molecule has 6 heteroatoms. The van der Waals surface area contributed by atoms with Crippen LogP contribution in [0.4, 0.5) is 5.82 Å². The molecule has 1 atom stereocenters. The number of anilines is 1. The third kappa shape index (κ3) is 3.98. The molecule has 0 amide bonds. The second kappa shape index (κ2) is 5.50. The average Bonchev–Trinajstić information content (AvgIpc) is 2.16. The van der Waals surface area contributed by atoms with Gasteiger partial charge >= 0.3 is 0 Å². The Morgan fingerprint density at radius 3 is 2.81 bits per heavy atom. The fraction of sp³-hybridized carbons (Fsp3) is 0.500. The molecule has 0 saturated heterocycles. The lowest BCUT2D eigenvalue weighted by molar-refractivity contribution is 0.601. The molecule has 0 fully saturated rings. The molecule has 1 heterocycles. The van der Waals surface area contributed by atoms with Crippen molar-refractivity contribution < 1.29 is 8.42 Å².